The zero-order valence-corrected chi connectivity index (χ0v) is 11.0. The molecule has 1 aromatic rings. The van der Waals surface area contributed by atoms with Crippen LogP contribution < -0.4 is 4.74 Å². The van der Waals surface area contributed by atoms with Crippen LogP contribution in [0.25, 0.3) is 0 Å². The number of amides is 1. The van der Waals surface area contributed by atoms with Crippen molar-refractivity contribution in [2.75, 3.05) is 14.2 Å². The molecule has 19 heavy (non-hydrogen) atoms. The molecular formula is C14H17NO4. The van der Waals surface area contributed by atoms with Crippen LogP contribution >= 0.6 is 0 Å². The average Bonchev–Trinajstić information content (AvgIpc) is 2.41. The Hall–Kier alpha value is -2.04. The van der Waals surface area contributed by atoms with Gasteiger partial charge in [0.25, 0.3) is 0 Å². The number of carbonyl (C=O) groups excluding carboxylic acids is 1. The lowest BCUT2D eigenvalue weighted by molar-refractivity contribution is -0.150. The minimum atomic E-state index is -0.861. The summed E-state index contributed by atoms with van der Waals surface area (Å²) in [5.41, 5.74) is 0.823. The van der Waals surface area contributed by atoms with Crippen LogP contribution in [0.15, 0.2) is 24.3 Å². The van der Waals surface area contributed by atoms with Crippen LogP contribution in [0.2, 0.25) is 0 Å². The summed E-state index contributed by atoms with van der Waals surface area (Å²) in [6, 6.07) is 6.77. The maximum Gasteiger partial charge on any atom is 0.308 e. The fourth-order valence-electron chi connectivity index (χ4n) is 2.55. The number of carboxylic acid groups (broad SMARTS) is 1. The maximum atomic E-state index is 11.8. The van der Waals surface area contributed by atoms with E-state index in [9.17, 15) is 14.7 Å². The summed E-state index contributed by atoms with van der Waals surface area (Å²) in [5, 5.41) is 9.31. The SMILES string of the molecule is COc1ccc([C@@H]2[C@H](C(=O)O)CCC(=O)N2C)cc1. The number of likely N-dealkylation sites (tertiary alicyclic amines) is 1. The summed E-state index contributed by atoms with van der Waals surface area (Å²) in [6.07, 6.45) is 0.676. The summed E-state index contributed by atoms with van der Waals surface area (Å²) >= 11 is 0. The van der Waals surface area contributed by atoms with E-state index in [4.69, 9.17) is 4.74 Å². The number of benzene rings is 1. The topological polar surface area (TPSA) is 66.8 Å². The summed E-state index contributed by atoms with van der Waals surface area (Å²) in [5.74, 6) is -0.727. The summed E-state index contributed by atoms with van der Waals surface area (Å²) < 4.78 is 5.08. The molecule has 1 aliphatic heterocycles. The summed E-state index contributed by atoms with van der Waals surface area (Å²) in [7, 11) is 3.23. The van der Waals surface area contributed by atoms with Gasteiger partial charge in [-0.3, -0.25) is 9.59 Å². The quantitative estimate of drug-likeness (QED) is 0.901. The van der Waals surface area contributed by atoms with Crippen LogP contribution in [-0.4, -0.2) is 36.0 Å². The van der Waals surface area contributed by atoms with Gasteiger partial charge < -0.3 is 14.7 Å². The molecule has 0 bridgehead atoms. The Balaban J connectivity index is 2.34. The predicted molar refractivity (Wildman–Crippen MR) is 68.9 cm³/mol. The molecule has 1 fully saturated rings. The van der Waals surface area contributed by atoms with Crippen molar-refractivity contribution >= 4 is 11.9 Å². The number of carboxylic acids is 1. The Labute approximate surface area is 111 Å². The summed E-state index contributed by atoms with van der Waals surface area (Å²) in [4.78, 5) is 24.7. The lowest BCUT2D eigenvalue weighted by Crippen LogP contribution is -2.42. The molecule has 1 aromatic carbocycles. The van der Waals surface area contributed by atoms with Gasteiger partial charge >= 0.3 is 5.97 Å². The van der Waals surface area contributed by atoms with Gasteiger partial charge in [0.15, 0.2) is 0 Å². The van der Waals surface area contributed by atoms with Crippen molar-refractivity contribution in [2.45, 2.75) is 18.9 Å². The van der Waals surface area contributed by atoms with E-state index < -0.39 is 17.9 Å². The number of rotatable bonds is 3. The number of ether oxygens (including phenoxy) is 1. The van der Waals surface area contributed by atoms with Crippen molar-refractivity contribution in [3.63, 3.8) is 0 Å². The highest BCUT2D eigenvalue weighted by atomic mass is 16.5. The van der Waals surface area contributed by atoms with E-state index in [1.807, 2.05) is 12.1 Å². The fourth-order valence-corrected chi connectivity index (χ4v) is 2.55. The van der Waals surface area contributed by atoms with Crippen molar-refractivity contribution in [3.05, 3.63) is 29.8 Å². The Morgan fingerprint density at radius 3 is 2.53 bits per heavy atom. The monoisotopic (exact) mass is 263 g/mol. The van der Waals surface area contributed by atoms with Gasteiger partial charge in [-0.05, 0) is 24.1 Å². The minimum absolute atomic E-state index is 0.0154. The largest absolute Gasteiger partial charge is 0.497 e. The smallest absolute Gasteiger partial charge is 0.308 e. The van der Waals surface area contributed by atoms with Gasteiger partial charge in [-0.25, -0.2) is 0 Å². The molecule has 1 aliphatic rings. The van der Waals surface area contributed by atoms with Crippen molar-refractivity contribution in [2.24, 2.45) is 5.92 Å². The molecular weight excluding hydrogens is 246 g/mol. The standard InChI is InChI=1S/C14H17NO4/c1-15-12(16)8-7-11(14(17)18)13(15)9-3-5-10(19-2)6-4-9/h3-6,11,13H,7-8H2,1-2H3,(H,17,18)/t11-,13-/m1/s1. The van der Waals surface area contributed by atoms with Crippen LogP contribution in [0.3, 0.4) is 0 Å². The third-order valence-corrected chi connectivity index (χ3v) is 3.64. The molecule has 102 valence electrons. The molecule has 1 N–H and O–H groups in total. The van der Waals surface area contributed by atoms with E-state index in [-0.39, 0.29) is 5.91 Å². The molecule has 0 aliphatic carbocycles. The zero-order valence-electron chi connectivity index (χ0n) is 11.0. The van der Waals surface area contributed by atoms with Crippen LogP contribution in [0.1, 0.15) is 24.4 Å². The van der Waals surface area contributed by atoms with Gasteiger partial charge in [0.1, 0.15) is 5.75 Å². The minimum Gasteiger partial charge on any atom is -0.497 e. The predicted octanol–water partition coefficient (Wildman–Crippen LogP) is 1.69. The third-order valence-electron chi connectivity index (χ3n) is 3.64. The van der Waals surface area contributed by atoms with E-state index in [1.165, 1.54) is 4.90 Å². The molecule has 0 spiro atoms. The van der Waals surface area contributed by atoms with Gasteiger partial charge in [0.2, 0.25) is 5.91 Å². The number of carbonyl (C=O) groups is 2. The molecule has 0 saturated carbocycles. The van der Waals surface area contributed by atoms with Crippen molar-refractivity contribution in [3.8, 4) is 5.75 Å². The van der Waals surface area contributed by atoms with Crippen molar-refractivity contribution in [1.82, 2.24) is 4.90 Å². The van der Waals surface area contributed by atoms with Crippen LogP contribution in [0.4, 0.5) is 0 Å². The normalized spacial score (nSPS) is 23.3. The van der Waals surface area contributed by atoms with Crippen LogP contribution in [0.5, 0.6) is 5.75 Å². The molecule has 2 rings (SSSR count). The second-order valence-electron chi connectivity index (χ2n) is 4.71. The van der Waals surface area contributed by atoms with Gasteiger partial charge in [0, 0.05) is 13.5 Å². The highest BCUT2D eigenvalue weighted by molar-refractivity contribution is 5.81. The molecule has 5 nitrogen and oxygen atoms in total. The van der Waals surface area contributed by atoms with E-state index in [0.717, 1.165) is 5.56 Å². The second kappa shape index (κ2) is 5.30. The first kappa shape index (κ1) is 13.4. The Morgan fingerprint density at radius 2 is 2.00 bits per heavy atom. The van der Waals surface area contributed by atoms with Gasteiger partial charge in [-0.2, -0.15) is 0 Å². The van der Waals surface area contributed by atoms with E-state index >= 15 is 0 Å². The third kappa shape index (κ3) is 2.54. The highest BCUT2D eigenvalue weighted by Crippen LogP contribution is 2.36. The van der Waals surface area contributed by atoms with E-state index in [2.05, 4.69) is 0 Å². The lowest BCUT2D eigenvalue weighted by Gasteiger charge is -2.37. The molecule has 0 unspecified atom stereocenters. The Morgan fingerprint density at radius 1 is 1.37 bits per heavy atom. The van der Waals surface area contributed by atoms with E-state index in [0.29, 0.717) is 18.6 Å². The van der Waals surface area contributed by atoms with Gasteiger partial charge in [-0.15, -0.1) is 0 Å². The molecule has 1 heterocycles. The number of nitrogens with zero attached hydrogens (tertiary/aromatic N) is 1. The first-order chi connectivity index (χ1) is 9.04. The first-order valence-electron chi connectivity index (χ1n) is 6.17. The molecule has 0 radical (unpaired) electrons. The number of piperidine rings is 1. The molecule has 0 aromatic heterocycles. The van der Waals surface area contributed by atoms with Gasteiger partial charge in [0.05, 0.1) is 19.1 Å². The number of hydrogen-bond acceptors (Lipinski definition) is 3. The van der Waals surface area contributed by atoms with Crippen LogP contribution in [-0.2, 0) is 9.59 Å². The number of hydrogen-bond donors (Lipinski definition) is 1. The number of aliphatic carboxylic acids is 1. The number of methoxy groups -OCH3 is 1. The molecule has 1 amide bonds. The molecule has 1 saturated heterocycles. The second-order valence-corrected chi connectivity index (χ2v) is 4.71. The summed E-state index contributed by atoms with van der Waals surface area (Å²) in [6.45, 7) is 0. The average molecular weight is 263 g/mol. The first-order valence-corrected chi connectivity index (χ1v) is 6.17. The molecule has 5 heteroatoms. The zero-order chi connectivity index (χ0) is 14.0. The Bertz CT molecular complexity index is 483. The lowest BCUT2D eigenvalue weighted by atomic mass is 9.84. The fraction of sp³-hybridized carbons (Fsp3) is 0.429. The van der Waals surface area contributed by atoms with Gasteiger partial charge in [-0.1, -0.05) is 12.1 Å². The molecule has 2 atom stereocenters. The van der Waals surface area contributed by atoms with E-state index in [1.54, 1.807) is 26.3 Å². The van der Waals surface area contributed by atoms with Crippen LogP contribution in [0, 0.1) is 5.92 Å². The van der Waals surface area contributed by atoms with Crippen molar-refractivity contribution < 1.29 is 19.4 Å². The maximum absolute atomic E-state index is 11.8. The Kier molecular flexibility index (Phi) is 3.74. The van der Waals surface area contributed by atoms with Crippen molar-refractivity contribution in [1.29, 1.82) is 0 Å². The highest BCUT2D eigenvalue weighted by Gasteiger charge is 2.38.